The molecule has 2 aromatic rings. The van der Waals surface area contributed by atoms with E-state index in [1.54, 1.807) is 12.1 Å². The lowest BCUT2D eigenvalue weighted by atomic mass is 10.3. The number of aromatic nitrogens is 3. The summed E-state index contributed by atoms with van der Waals surface area (Å²) < 4.78 is 23.4. The monoisotopic (exact) mass is 311 g/mol. The quantitative estimate of drug-likeness (QED) is 0.660. The Balaban J connectivity index is 1.97. The molecule has 2 rings (SSSR count). The molecule has 0 fully saturated rings. The molecule has 4 N–H and O–H groups in total. The maximum absolute atomic E-state index is 11.1. The van der Waals surface area contributed by atoms with Crippen LogP contribution in [0.1, 0.15) is 5.69 Å². The van der Waals surface area contributed by atoms with Crippen LogP contribution in [-0.4, -0.2) is 34.5 Å². The molecule has 0 saturated heterocycles. The van der Waals surface area contributed by atoms with Crippen molar-refractivity contribution in [3.63, 3.8) is 0 Å². The van der Waals surface area contributed by atoms with Crippen LogP contribution in [0.2, 0.25) is 0 Å². The molecule has 0 spiro atoms. The number of nitrogens with one attached hydrogen (secondary N) is 1. The van der Waals surface area contributed by atoms with E-state index in [1.165, 1.54) is 23.0 Å². The molecule has 0 aliphatic rings. The van der Waals surface area contributed by atoms with Crippen molar-refractivity contribution < 1.29 is 18.3 Å². The summed E-state index contributed by atoms with van der Waals surface area (Å²) in [5.41, 5.74) is 1.24. The molecule has 1 heterocycles. The first kappa shape index (κ1) is 14.9. The van der Waals surface area contributed by atoms with E-state index >= 15 is 0 Å². The molecule has 0 saturated carbocycles. The molecular formula is C11H13N5O4S. The zero-order valence-electron chi connectivity index (χ0n) is 10.8. The summed E-state index contributed by atoms with van der Waals surface area (Å²) in [6.45, 7) is 0.0738. The second-order valence-electron chi connectivity index (χ2n) is 4.22. The van der Waals surface area contributed by atoms with Crippen molar-refractivity contribution in [2.45, 2.75) is 18.0 Å². The molecule has 0 aliphatic carbocycles. The number of nitrogens with two attached hydrogens (primary N) is 1. The summed E-state index contributed by atoms with van der Waals surface area (Å²) in [5, 5.41) is 24.1. The Morgan fingerprint density at radius 2 is 2.00 bits per heavy atom. The van der Waals surface area contributed by atoms with Gasteiger partial charge < -0.3 is 10.4 Å². The van der Waals surface area contributed by atoms with Crippen LogP contribution in [0.5, 0.6) is 0 Å². The molecule has 0 radical (unpaired) electrons. The minimum absolute atomic E-state index is 0.0282. The van der Waals surface area contributed by atoms with E-state index in [9.17, 15) is 13.2 Å². The van der Waals surface area contributed by atoms with Gasteiger partial charge in [0.2, 0.25) is 10.0 Å². The molecule has 0 bridgehead atoms. The maximum Gasteiger partial charge on any atom is 0.325 e. The molecule has 112 valence electrons. The molecule has 0 unspecified atom stereocenters. The molecule has 1 aromatic carbocycles. The number of aliphatic carboxylic acids is 1. The van der Waals surface area contributed by atoms with Crippen LogP contribution in [0.15, 0.2) is 35.4 Å². The fraction of sp³-hybridized carbons (Fsp3) is 0.182. The van der Waals surface area contributed by atoms with Gasteiger partial charge in [-0.15, -0.1) is 5.10 Å². The predicted molar refractivity (Wildman–Crippen MR) is 72.8 cm³/mol. The van der Waals surface area contributed by atoms with E-state index in [4.69, 9.17) is 10.2 Å². The number of nitrogens with zero attached hydrogens (tertiary/aromatic N) is 3. The number of anilines is 1. The van der Waals surface area contributed by atoms with Crippen LogP contribution < -0.4 is 10.5 Å². The van der Waals surface area contributed by atoms with E-state index in [2.05, 4.69) is 15.6 Å². The minimum atomic E-state index is -3.70. The summed E-state index contributed by atoms with van der Waals surface area (Å²) in [7, 11) is -3.70. The average molecular weight is 311 g/mol. The van der Waals surface area contributed by atoms with Gasteiger partial charge in [0.1, 0.15) is 12.2 Å². The van der Waals surface area contributed by atoms with Gasteiger partial charge >= 0.3 is 5.97 Å². The number of sulfonamides is 1. The lowest BCUT2D eigenvalue weighted by Gasteiger charge is -2.04. The topological polar surface area (TPSA) is 140 Å². The highest BCUT2D eigenvalue weighted by molar-refractivity contribution is 7.89. The van der Waals surface area contributed by atoms with E-state index in [0.717, 1.165) is 0 Å². The van der Waals surface area contributed by atoms with Crippen LogP contribution in [0.25, 0.3) is 0 Å². The lowest BCUT2D eigenvalue weighted by Crippen LogP contribution is -2.12. The van der Waals surface area contributed by atoms with Crippen molar-refractivity contribution in [1.82, 2.24) is 15.0 Å². The number of hydrogen-bond donors (Lipinski definition) is 3. The number of rotatable bonds is 6. The van der Waals surface area contributed by atoms with Gasteiger partial charge in [0.05, 0.1) is 17.6 Å². The van der Waals surface area contributed by atoms with Crippen LogP contribution in [-0.2, 0) is 27.9 Å². The van der Waals surface area contributed by atoms with E-state index < -0.39 is 16.0 Å². The summed E-state index contributed by atoms with van der Waals surface area (Å²) in [6, 6.07) is 5.92. The Hall–Kier alpha value is -2.46. The molecule has 21 heavy (non-hydrogen) atoms. The summed E-state index contributed by atoms with van der Waals surface area (Å²) >= 11 is 0. The average Bonchev–Trinajstić information content (AvgIpc) is 2.82. The molecule has 0 atom stereocenters. The first-order valence-corrected chi connectivity index (χ1v) is 7.37. The first-order valence-electron chi connectivity index (χ1n) is 5.82. The third kappa shape index (κ3) is 4.26. The Labute approximate surface area is 120 Å². The largest absolute Gasteiger partial charge is 0.480 e. The highest BCUT2D eigenvalue weighted by atomic mass is 32.2. The second kappa shape index (κ2) is 5.89. The third-order valence-electron chi connectivity index (χ3n) is 2.54. The fourth-order valence-electron chi connectivity index (χ4n) is 1.59. The molecule has 0 aliphatic heterocycles. The number of carboxylic acids is 1. The van der Waals surface area contributed by atoms with E-state index in [0.29, 0.717) is 17.9 Å². The van der Waals surface area contributed by atoms with Gasteiger partial charge in [0.25, 0.3) is 0 Å². The van der Waals surface area contributed by atoms with Crippen molar-refractivity contribution in [1.29, 1.82) is 0 Å². The van der Waals surface area contributed by atoms with Crippen LogP contribution >= 0.6 is 0 Å². The number of benzene rings is 1. The van der Waals surface area contributed by atoms with Crippen LogP contribution in [0, 0.1) is 0 Å². The zero-order valence-corrected chi connectivity index (χ0v) is 11.6. The molecule has 0 amide bonds. The zero-order chi connectivity index (χ0) is 15.5. The van der Waals surface area contributed by atoms with Gasteiger partial charge in [-0.1, -0.05) is 5.21 Å². The molecular weight excluding hydrogens is 298 g/mol. The van der Waals surface area contributed by atoms with Crippen LogP contribution in [0.4, 0.5) is 5.69 Å². The van der Waals surface area contributed by atoms with Crippen molar-refractivity contribution in [2.75, 3.05) is 5.32 Å². The molecule has 10 heteroatoms. The van der Waals surface area contributed by atoms with Gasteiger partial charge in [-0.2, -0.15) is 0 Å². The van der Waals surface area contributed by atoms with E-state index in [1.807, 2.05) is 0 Å². The van der Waals surface area contributed by atoms with Gasteiger partial charge in [-0.3, -0.25) is 4.79 Å². The Morgan fingerprint density at radius 3 is 2.57 bits per heavy atom. The van der Waals surface area contributed by atoms with Gasteiger partial charge in [0.15, 0.2) is 0 Å². The summed E-state index contributed by atoms with van der Waals surface area (Å²) in [5.74, 6) is -1.00. The minimum Gasteiger partial charge on any atom is -0.480 e. The van der Waals surface area contributed by atoms with Gasteiger partial charge in [-0.05, 0) is 24.3 Å². The Morgan fingerprint density at radius 1 is 1.33 bits per heavy atom. The van der Waals surface area contributed by atoms with Gasteiger partial charge in [0, 0.05) is 5.69 Å². The standard InChI is InChI=1S/C11H13N5O4S/c12-21(19,20)10-3-1-8(2-4-10)13-5-9-6-16(15-14-9)7-11(17)18/h1-4,6,13H,5,7H2,(H,17,18)(H2,12,19,20). The van der Waals surface area contributed by atoms with Crippen molar-refractivity contribution in [3.8, 4) is 0 Å². The molecule has 9 nitrogen and oxygen atoms in total. The SMILES string of the molecule is NS(=O)(=O)c1ccc(NCc2cn(CC(=O)O)nn2)cc1. The summed E-state index contributed by atoms with van der Waals surface area (Å²) in [4.78, 5) is 10.5. The maximum atomic E-state index is 11.1. The smallest absolute Gasteiger partial charge is 0.325 e. The number of carboxylic acid groups (broad SMARTS) is 1. The number of hydrogen-bond acceptors (Lipinski definition) is 6. The predicted octanol–water partition coefficient (Wildman–Crippen LogP) is -0.378. The van der Waals surface area contributed by atoms with Crippen molar-refractivity contribution in [2.24, 2.45) is 5.14 Å². The third-order valence-corrected chi connectivity index (χ3v) is 3.47. The highest BCUT2D eigenvalue weighted by Gasteiger charge is 2.07. The lowest BCUT2D eigenvalue weighted by molar-refractivity contribution is -0.137. The van der Waals surface area contributed by atoms with E-state index in [-0.39, 0.29) is 11.4 Å². The Bertz CT molecular complexity index is 738. The van der Waals surface area contributed by atoms with Crippen molar-refractivity contribution >= 4 is 21.7 Å². The summed E-state index contributed by atoms with van der Waals surface area (Å²) in [6.07, 6.45) is 1.51. The second-order valence-corrected chi connectivity index (χ2v) is 5.79. The fourth-order valence-corrected chi connectivity index (χ4v) is 2.11. The van der Waals surface area contributed by atoms with Crippen LogP contribution in [0.3, 0.4) is 0 Å². The van der Waals surface area contributed by atoms with Gasteiger partial charge in [-0.25, -0.2) is 18.2 Å². The first-order chi connectivity index (χ1) is 9.84. The number of carbonyl (C=O) groups is 1. The van der Waals surface area contributed by atoms with Crippen molar-refractivity contribution in [3.05, 3.63) is 36.2 Å². The Kier molecular flexibility index (Phi) is 4.19. The highest BCUT2D eigenvalue weighted by Crippen LogP contribution is 2.13. The molecule has 1 aromatic heterocycles. The number of primary sulfonamides is 1. The normalized spacial score (nSPS) is 11.3.